The first-order valence-corrected chi connectivity index (χ1v) is 17.4. The van der Waals surface area contributed by atoms with Crippen LogP contribution in [0.3, 0.4) is 0 Å². The predicted molar refractivity (Wildman–Crippen MR) is 139 cm³/mol. The molecule has 0 spiro atoms. The van der Waals surface area contributed by atoms with Crippen molar-refractivity contribution in [2.24, 2.45) is 0 Å². The second-order valence-electron chi connectivity index (χ2n) is 10.8. The summed E-state index contributed by atoms with van der Waals surface area (Å²) in [5.74, 6) is 1.32. The third-order valence-electron chi connectivity index (χ3n) is 6.44. The van der Waals surface area contributed by atoms with Crippen LogP contribution in [0.1, 0.15) is 148 Å². The van der Waals surface area contributed by atoms with E-state index in [0.717, 1.165) is 0 Å². The molecule has 0 fully saturated rings. The van der Waals surface area contributed by atoms with E-state index < -0.39 is 8.32 Å². The molecule has 0 aliphatic heterocycles. The van der Waals surface area contributed by atoms with Crippen LogP contribution in [-0.4, -0.2) is 8.32 Å². The third-order valence-corrected chi connectivity index (χ3v) is 7.31. The van der Waals surface area contributed by atoms with E-state index in [0.29, 0.717) is 0 Å². The standard InChI is InChI=1S/C28H56OSi/c1-30(2,3)29-28-26-24-22-20-18-16-14-12-10-8-6-4-5-7-9-11-13-15-17-19-21-23-25-27-28/h26H,4-25,27H2,1-3H3/b28-26+. The van der Waals surface area contributed by atoms with Crippen molar-refractivity contribution in [3.63, 3.8) is 0 Å². The Balaban J connectivity index is 2.32. The number of allylic oxidation sites excluding steroid dienone is 2. The summed E-state index contributed by atoms with van der Waals surface area (Å²) in [6, 6.07) is 0. The monoisotopic (exact) mass is 436 g/mol. The van der Waals surface area contributed by atoms with Crippen molar-refractivity contribution in [2.45, 2.75) is 167 Å². The summed E-state index contributed by atoms with van der Waals surface area (Å²) in [7, 11) is -1.48. The fourth-order valence-corrected chi connectivity index (χ4v) is 5.63. The first-order valence-electron chi connectivity index (χ1n) is 14.0. The van der Waals surface area contributed by atoms with Crippen LogP contribution in [0.25, 0.3) is 0 Å². The molecule has 0 bridgehead atoms. The van der Waals surface area contributed by atoms with Gasteiger partial charge in [0.15, 0.2) is 0 Å². The van der Waals surface area contributed by atoms with Crippen LogP contribution in [0, 0.1) is 0 Å². The molecule has 30 heavy (non-hydrogen) atoms. The van der Waals surface area contributed by atoms with Gasteiger partial charge in [0.25, 0.3) is 0 Å². The average molecular weight is 437 g/mol. The minimum atomic E-state index is -1.48. The Bertz CT molecular complexity index is 396. The fourth-order valence-electron chi connectivity index (χ4n) is 4.65. The molecule has 0 aromatic heterocycles. The largest absolute Gasteiger partial charge is 0.548 e. The van der Waals surface area contributed by atoms with Crippen LogP contribution in [0.15, 0.2) is 11.8 Å². The first kappa shape index (κ1) is 27.8. The molecule has 0 saturated heterocycles. The van der Waals surface area contributed by atoms with Crippen LogP contribution in [-0.2, 0) is 4.43 Å². The van der Waals surface area contributed by atoms with E-state index in [1.165, 1.54) is 153 Å². The molecule has 1 rings (SSSR count). The van der Waals surface area contributed by atoms with Crippen LogP contribution in [0.4, 0.5) is 0 Å². The van der Waals surface area contributed by atoms with Crippen molar-refractivity contribution in [1.82, 2.24) is 0 Å². The molecule has 0 atom stereocenters. The molecule has 0 saturated carbocycles. The molecule has 0 N–H and O–H groups in total. The second kappa shape index (κ2) is 19.4. The van der Waals surface area contributed by atoms with E-state index in [-0.39, 0.29) is 0 Å². The fraction of sp³-hybridized carbons (Fsp3) is 0.929. The molecule has 0 aromatic carbocycles. The Morgan fingerprint density at radius 3 is 1.10 bits per heavy atom. The van der Waals surface area contributed by atoms with E-state index in [4.69, 9.17) is 4.43 Å². The van der Waals surface area contributed by atoms with Gasteiger partial charge >= 0.3 is 0 Å². The molecule has 0 radical (unpaired) electrons. The molecular weight excluding hydrogens is 380 g/mol. The highest BCUT2D eigenvalue weighted by Gasteiger charge is 2.17. The van der Waals surface area contributed by atoms with E-state index >= 15 is 0 Å². The summed E-state index contributed by atoms with van der Waals surface area (Å²) in [5, 5.41) is 0. The summed E-state index contributed by atoms with van der Waals surface area (Å²) in [6.45, 7) is 6.96. The highest BCUT2D eigenvalue weighted by Crippen LogP contribution is 2.20. The summed E-state index contributed by atoms with van der Waals surface area (Å²) in [4.78, 5) is 0. The number of hydrogen-bond acceptors (Lipinski definition) is 1. The van der Waals surface area contributed by atoms with Crippen molar-refractivity contribution >= 4 is 8.32 Å². The molecule has 0 unspecified atom stereocenters. The number of hydrogen-bond donors (Lipinski definition) is 0. The van der Waals surface area contributed by atoms with Gasteiger partial charge in [-0.1, -0.05) is 122 Å². The van der Waals surface area contributed by atoms with E-state index in [1.807, 2.05) is 0 Å². The van der Waals surface area contributed by atoms with Crippen molar-refractivity contribution in [2.75, 3.05) is 0 Å². The summed E-state index contributed by atoms with van der Waals surface area (Å²) >= 11 is 0. The van der Waals surface area contributed by atoms with Gasteiger partial charge in [0.2, 0.25) is 8.32 Å². The predicted octanol–water partition coefficient (Wildman–Crippen LogP) is 10.7. The van der Waals surface area contributed by atoms with Crippen LogP contribution in [0.2, 0.25) is 19.6 Å². The quantitative estimate of drug-likeness (QED) is 0.391. The molecule has 0 amide bonds. The lowest BCUT2D eigenvalue weighted by molar-refractivity contribution is 0.387. The van der Waals surface area contributed by atoms with E-state index in [9.17, 15) is 0 Å². The van der Waals surface area contributed by atoms with Crippen LogP contribution >= 0.6 is 0 Å². The SMILES string of the molecule is C[Si](C)(C)O/C1=C/CCCCCCCCCCCCCCCCCCCCCCC1. The van der Waals surface area contributed by atoms with Gasteiger partial charge in [0.1, 0.15) is 0 Å². The maximum Gasteiger partial charge on any atom is 0.241 e. The Labute approximate surface area is 192 Å². The van der Waals surface area contributed by atoms with Crippen molar-refractivity contribution in [3.8, 4) is 0 Å². The van der Waals surface area contributed by atoms with Gasteiger partial charge in [-0.2, -0.15) is 0 Å². The van der Waals surface area contributed by atoms with Gasteiger partial charge in [0, 0.05) is 6.42 Å². The second-order valence-corrected chi connectivity index (χ2v) is 15.3. The molecule has 0 heterocycles. The van der Waals surface area contributed by atoms with E-state index in [1.54, 1.807) is 0 Å². The topological polar surface area (TPSA) is 9.23 Å². The maximum absolute atomic E-state index is 6.41. The van der Waals surface area contributed by atoms with E-state index in [2.05, 4.69) is 25.7 Å². The average Bonchev–Trinajstić information content (AvgIpc) is 2.69. The van der Waals surface area contributed by atoms with Crippen LogP contribution < -0.4 is 0 Å². The Kier molecular flexibility index (Phi) is 18.0. The zero-order valence-electron chi connectivity index (χ0n) is 21.2. The zero-order chi connectivity index (χ0) is 21.8. The van der Waals surface area contributed by atoms with Crippen molar-refractivity contribution in [3.05, 3.63) is 11.8 Å². The van der Waals surface area contributed by atoms with Gasteiger partial charge in [0.05, 0.1) is 5.76 Å². The molecule has 1 aliphatic rings. The molecule has 178 valence electrons. The lowest BCUT2D eigenvalue weighted by atomic mass is 10.0. The highest BCUT2D eigenvalue weighted by molar-refractivity contribution is 6.70. The Hall–Kier alpha value is -0.243. The summed E-state index contributed by atoms with van der Waals surface area (Å²) < 4.78 is 6.41. The Morgan fingerprint density at radius 1 is 0.467 bits per heavy atom. The van der Waals surface area contributed by atoms with Gasteiger partial charge in [-0.15, -0.1) is 0 Å². The van der Waals surface area contributed by atoms with Gasteiger partial charge in [-0.25, -0.2) is 0 Å². The maximum atomic E-state index is 6.41. The summed E-state index contributed by atoms with van der Waals surface area (Å²) in [5.41, 5.74) is 0. The van der Waals surface area contributed by atoms with Crippen LogP contribution in [0.5, 0.6) is 0 Å². The zero-order valence-corrected chi connectivity index (χ0v) is 22.2. The van der Waals surface area contributed by atoms with Gasteiger partial charge in [-0.3, -0.25) is 0 Å². The molecule has 1 aliphatic carbocycles. The Morgan fingerprint density at radius 2 is 0.767 bits per heavy atom. The molecule has 2 heteroatoms. The third kappa shape index (κ3) is 19.7. The smallest absolute Gasteiger partial charge is 0.241 e. The highest BCUT2D eigenvalue weighted by atomic mass is 28.4. The minimum absolute atomic E-state index is 1.17. The lowest BCUT2D eigenvalue weighted by Gasteiger charge is -2.22. The van der Waals surface area contributed by atoms with Crippen molar-refractivity contribution in [1.29, 1.82) is 0 Å². The van der Waals surface area contributed by atoms with Gasteiger partial charge < -0.3 is 4.43 Å². The normalized spacial score (nSPS) is 24.0. The number of rotatable bonds is 2. The first-order chi connectivity index (χ1) is 14.6. The minimum Gasteiger partial charge on any atom is -0.548 e. The molecule has 1 nitrogen and oxygen atoms in total. The molecular formula is C28H56OSi. The van der Waals surface area contributed by atoms with Crippen molar-refractivity contribution < 1.29 is 4.43 Å². The van der Waals surface area contributed by atoms with Gasteiger partial charge in [-0.05, 0) is 45.0 Å². The lowest BCUT2D eigenvalue weighted by Crippen LogP contribution is -2.24. The molecule has 0 aromatic rings. The summed E-state index contributed by atoms with van der Waals surface area (Å²) in [6.07, 6.45) is 35.1.